The number of nitrogens with one attached hydrogen (secondary N) is 1. The van der Waals surface area contributed by atoms with Gasteiger partial charge in [0.25, 0.3) is 10.0 Å². The molecule has 49 heavy (non-hydrogen) atoms. The molecular formula is C39H43Cl2N3O4S. The summed E-state index contributed by atoms with van der Waals surface area (Å²) >= 11 is 12.7. The normalized spacial score (nSPS) is 14.2. The molecule has 1 saturated carbocycles. The third kappa shape index (κ3) is 9.04. The molecule has 0 heterocycles. The Labute approximate surface area is 300 Å². The van der Waals surface area contributed by atoms with Gasteiger partial charge in [-0.2, -0.15) is 0 Å². The van der Waals surface area contributed by atoms with Crippen LogP contribution in [0.15, 0.2) is 95.9 Å². The number of carbonyl (C=O) groups excluding carboxylic acids is 2. The minimum absolute atomic E-state index is 0.00908. The Kier molecular flexibility index (Phi) is 12.1. The smallest absolute Gasteiger partial charge is 0.264 e. The number of halogens is 2. The molecule has 10 heteroatoms. The minimum Gasteiger partial charge on any atom is -0.352 e. The Morgan fingerprint density at radius 3 is 2.18 bits per heavy atom. The van der Waals surface area contributed by atoms with Crippen molar-refractivity contribution in [3.8, 4) is 0 Å². The molecule has 1 aliphatic carbocycles. The second-order valence-electron chi connectivity index (χ2n) is 12.9. The molecule has 0 saturated heterocycles. The molecule has 0 aromatic heterocycles. The number of aryl methyl sites for hydroxylation is 2. The fourth-order valence-corrected chi connectivity index (χ4v) is 8.08. The average molecular weight is 721 g/mol. The van der Waals surface area contributed by atoms with Crippen molar-refractivity contribution in [3.63, 3.8) is 0 Å². The number of rotatable bonds is 12. The van der Waals surface area contributed by atoms with E-state index in [4.69, 9.17) is 23.2 Å². The molecule has 0 spiro atoms. The summed E-state index contributed by atoms with van der Waals surface area (Å²) in [6, 6.07) is 25.7. The number of amides is 2. The summed E-state index contributed by atoms with van der Waals surface area (Å²) in [7, 11) is -4.20. The Morgan fingerprint density at radius 2 is 1.51 bits per heavy atom. The van der Waals surface area contributed by atoms with Crippen LogP contribution in [0.2, 0.25) is 10.0 Å². The van der Waals surface area contributed by atoms with Crippen molar-refractivity contribution in [3.05, 3.63) is 129 Å². The molecule has 5 rings (SSSR count). The van der Waals surface area contributed by atoms with E-state index in [2.05, 4.69) is 5.32 Å². The van der Waals surface area contributed by atoms with E-state index in [1.807, 2.05) is 57.2 Å². The van der Waals surface area contributed by atoms with Gasteiger partial charge in [0.1, 0.15) is 12.6 Å². The summed E-state index contributed by atoms with van der Waals surface area (Å²) in [6.45, 7) is 5.12. The van der Waals surface area contributed by atoms with E-state index in [1.54, 1.807) is 54.6 Å². The first-order chi connectivity index (χ1) is 23.4. The molecule has 4 aromatic rings. The first kappa shape index (κ1) is 36.4. The van der Waals surface area contributed by atoms with Gasteiger partial charge >= 0.3 is 0 Å². The highest BCUT2D eigenvalue weighted by Gasteiger charge is 2.36. The van der Waals surface area contributed by atoms with Crippen molar-refractivity contribution >= 4 is 50.7 Å². The van der Waals surface area contributed by atoms with Crippen LogP contribution in [0.3, 0.4) is 0 Å². The Morgan fingerprint density at radius 1 is 0.816 bits per heavy atom. The molecule has 1 fully saturated rings. The van der Waals surface area contributed by atoms with Crippen LogP contribution in [-0.2, 0) is 32.6 Å². The van der Waals surface area contributed by atoms with E-state index >= 15 is 0 Å². The first-order valence-corrected chi connectivity index (χ1v) is 18.9. The van der Waals surface area contributed by atoms with Crippen molar-refractivity contribution < 1.29 is 18.0 Å². The highest BCUT2D eigenvalue weighted by atomic mass is 35.5. The minimum atomic E-state index is -4.20. The third-order valence-corrected chi connectivity index (χ3v) is 11.8. The Hall–Kier alpha value is -3.85. The summed E-state index contributed by atoms with van der Waals surface area (Å²) in [4.78, 5) is 30.7. The number of nitrogens with zero attached hydrogens (tertiary/aromatic N) is 2. The maximum absolute atomic E-state index is 14.8. The highest BCUT2D eigenvalue weighted by molar-refractivity contribution is 7.92. The first-order valence-electron chi connectivity index (χ1n) is 16.7. The van der Waals surface area contributed by atoms with Gasteiger partial charge in [0.05, 0.1) is 20.6 Å². The van der Waals surface area contributed by atoms with Gasteiger partial charge in [-0.3, -0.25) is 13.9 Å². The van der Waals surface area contributed by atoms with Crippen molar-refractivity contribution in [2.24, 2.45) is 0 Å². The van der Waals surface area contributed by atoms with Crippen molar-refractivity contribution in [2.45, 2.75) is 82.8 Å². The third-order valence-electron chi connectivity index (χ3n) is 9.29. The highest BCUT2D eigenvalue weighted by Crippen LogP contribution is 2.30. The van der Waals surface area contributed by atoms with Crippen LogP contribution in [0.5, 0.6) is 0 Å². The van der Waals surface area contributed by atoms with E-state index in [0.717, 1.165) is 54.4 Å². The van der Waals surface area contributed by atoms with Gasteiger partial charge in [0.2, 0.25) is 11.8 Å². The molecule has 1 unspecified atom stereocenters. The largest absolute Gasteiger partial charge is 0.352 e. The van der Waals surface area contributed by atoms with Crippen LogP contribution in [0.1, 0.15) is 59.9 Å². The zero-order valence-electron chi connectivity index (χ0n) is 28.2. The summed E-state index contributed by atoms with van der Waals surface area (Å²) < 4.78 is 30.0. The van der Waals surface area contributed by atoms with Gasteiger partial charge in [-0.1, -0.05) is 109 Å². The van der Waals surface area contributed by atoms with Crippen LogP contribution in [-0.4, -0.2) is 43.8 Å². The van der Waals surface area contributed by atoms with Gasteiger partial charge < -0.3 is 10.2 Å². The van der Waals surface area contributed by atoms with Crippen LogP contribution >= 0.6 is 23.2 Å². The molecule has 0 aliphatic heterocycles. The topological polar surface area (TPSA) is 86.8 Å². The van der Waals surface area contributed by atoms with Gasteiger partial charge in [0.15, 0.2) is 0 Å². The second kappa shape index (κ2) is 16.2. The standard InChI is InChI=1S/C39H43Cl2N3O4S/c1-27-17-20-33(21-18-27)49(47,48)44(36-16-10-11-28(2)29(36)3)26-38(45)43(25-31-19-22-34(40)35(41)23-31)37(24-30-12-6-4-7-13-30)39(46)42-32-14-8-5-9-15-32/h4,6-7,10-13,16-23,32,37H,5,8-9,14-15,24-26H2,1-3H3,(H,42,46). The van der Waals surface area contributed by atoms with E-state index in [1.165, 1.54) is 9.21 Å². The van der Waals surface area contributed by atoms with Crippen molar-refractivity contribution in [2.75, 3.05) is 10.8 Å². The van der Waals surface area contributed by atoms with E-state index in [-0.39, 0.29) is 29.8 Å². The van der Waals surface area contributed by atoms with E-state index < -0.39 is 28.5 Å². The quantitative estimate of drug-likeness (QED) is 0.160. The molecule has 258 valence electrons. The molecule has 1 N–H and O–H groups in total. The number of carbonyl (C=O) groups is 2. The second-order valence-corrected chi connectivity index (χ2v) is 15.5. The molecular weight excluding hydrogens is 677 g/mol. The van der Waals surface area contributed by atoms with Gasteiger partial charge in [-0.25, -0.2) is 8.42 Å². The number of sulfonamides is 1. The molecule has 2 amide bonds. The van der Waals surface area contributed by atoms with Gasteiger partial charge in [-0.15, -0.1) is 0 Å². The van der Waals surface area contributed by atoms with Crippen LogP contribution in [0, 0.1) is 20.8 Å². The predicted octanol–water partition coefficient (Wildman–Crippen LogP) is 8.20. The lowest BCUT2D eigenvalue weighted by atomic mass is 9.94. The zero-order valence-corrected chi connectivity index (χ0v) is 30.5. The molecule has 7 nitrogen and oxygen atoms in total. The molecule has 4 aromatic carbocycles. The lowest BCUT2D eigenvalue weighted by Crippen LogP contribution is -2.55. The Balaban J connectivity index is 1.60. The monoisotopic (exact) mass is 719 g/mol. The fraction of sp³-hybridized carbons (Fsp3) is 0.333. The van der Waals surface area contributed by atoms with Gasteiger partial charge in [0, 0.05) is 19.0 Å². The van der Waals surface area contributed by atoms with Gasteiger partial charge in [-0.05, 0) is 86.2 Å². The van der Waals surface area contributed by atoms with Crippen LogP contribution in [0.4, 0.5) is 5.69 Å². The number of anilines is 1. The maximum atomic E-state index is 14.8. The van der Waals surface area contributed by atoms with E-state index in [0.29, 0.717) is 21.3 Å². The van der Waals surface area contributed by atoms with Crippen molar-refractivity contribution in [1.82, 2.24) is 10.2 Å². The summed E-state index contributed by atoms with van der Waals surface area (Å²) in [6.07, 6.45) is 5.18. The Bertz CT molecular complexity index is 1880. The lowest BCUT2D eigenvalue weighted by Gasteiger charge is -2.35. The van der Waals surface area contributed by atoms with E-state index in [9.17, 15) is 18.0 Å². The number of benzene rings is 4. The average Bonchev–Trinajstić information content (AvgIpc) is 3.09. The molecule has 1 aliphatic rings. The zero-order chi connectivity index (χ0) is 35.1. The van der Waals surface area contributed by atoms with Crippen LogP contribution in [0.25, 0.3) is 0 Å². The number of hydrogen-bond donors (Lipinski definition) is 1. The molecule has 0 radical (unpaired) electrons. The maximum Gasteiger partial charge on any atom is 0.264 e. The van der Waals surface area contributed by atoms with Crippen molar-refractivity contribution in [1.29, 1.82) is 0 Å². The molecule has 1 atom stereocenters. The number of hydrogen-bond acceptors (Lipinski definition) is 4. The fourth-order valence-electron chi connectivity index (χ4n) is 6.29. The summed E-state index contributed by atoms with van der Waals surface area (Å²) in [5, 5.41) is 3.91. The van der Waals surface area contributed by atoms with Crippen LogP contribution < -0.4 is 9.62 Å². The summed E-state index contributed by atoms with van der Waals surface area (Å²) in [5.74, 6) is -0.800. The predicted molar refractivity (Wildman–Crippen MR) is 198 cm³/mol. The lowest BCUT2D eigenvalue weighted by molar-refractivity contribution is -0.140. The SMILES string of the molecule is Cc1ccc(S(=O)(=O)N(CC(=O)N(Cc2ccc(Cl)c(Cl)c2)C(Cc2ccccc2)C(=O)NC2CCCCC2)c2cccc(C)c2C)cc1. The molecule has 0 bridgehead atoms. The summed E-state index contributed by atoms with van der Waals surface area (Å²) in [5.41, 5.74) is 4.46.